The second-order valence-electron chi connectivity index (χ2n) is 4.19. The first-order chi connectivity index (χ1) is 8.18. The summed E-state index contributed by atoms with van der Waals surface area (Å²) in [5, 5.41) is 19.2. The van der Waals surface area contributed by atoms with Crippen LogP contribution in [0, 0.1) is 0 Å². The predicted molar refractivity (Wildman–Crippen MR) is 69.5 cm³/mol. The van der Waals surface area contributed by atoms with Crippen molar-refractivity contribution in [2.75, 3.05) is 0 Å². The number of hydrogen-bond donors (Lipinski definition) is 2. The minimum Gasteiger partial charge on any atom is -0.423 e. The molecule has 0 aliphatic heterocycles. The zero-order chi connectivity index (χ0) is 12.0. The van der Waals surface area contributed by atoms with E-state index < -0.39 is 7.12 Å². The molecule has 1 aliphatic carbocycles. The van der Waals surface area contributed by atoms with Crippen LogP contribution in [0.1, 0.15) is 11.1 Å². The monoisotopic (exact) mass is 244 g/mol. The van der Waals surface area contributed by atoms with Crippen molar-refractivity contribution in [1.29, 1.82) is 0 Å². The number of fused-ring (bicyclic) bond motifs is 3. The van der Waals surface area contributed by atoms with Crippen LogP contribution in [-0.2, 0) is 6.42 Å². The van der Waals surface area contributed by atoms with Crippen molar-refractivity contribution in [1.82, 2.24) is 0 Å². The highest BCUT2D eigenvalue weighted by atomic mass is 35.5. The maximum absolute atomic E-state index is 9.42. The standard InChI is InChI=1S/C13H10BClO2/c15-12-6-5-10-9-4-2-1-3-8(9)7-11(10)13(12)14(16)17/h1-6,16-17H,7H2. The summed E-state index contributed by atoms with van der Waals surface area (Å²) in [6.45, 7) is 0. The van der Waals surface area contributed by atoms with Crippen LogP contribution in [0.15, 0.2) is 36.4 Å². The van der Waals surface area contributed by atoms with Gasteiger partial charge in [-0.05, 0) is 34.7 Å². The van der Waals surface area contributed by atoms with Crippen molar-refractivity contribution in [3.05, 3.63) is 52.5 Å². The van der Waals surface area contributed by atoms with Gasteiger partial charge in [-0.25, -0.2) is 0 Å². The fourth-order valence-corrected chi connectivity index (χ4v) is 2.76. The molecule has 84 valence electrons. The third-order valence-electron chi connectivity index (χ3n) is 3.24. The predicted octanol–water partition coefficient (Wildman–Crippen LogP) is 1.59. The van der Waals surface area contributed by atoms with E-state index in [0.29, 0.717) is 16.9 Å². The van der Waals surface area contributed by atoms with Crippen LogP contribution >= 0.6 is 11.6 Å². The Bertz CT molecular complexity index is 596. The van der Waals surface area contributed by atoms with Crippen LogP contribution in [0.25, 0.3) is 11.1 Å². The van der Waals surface area contributed by atoms with Crippen LogP contribution in [-0.4, -0.2) is 17.2 Å². The van der Waals surface area contributed by atoms with Crippen LogP contribution in [0.4, 0.5) is 0 Å². The SMILES string of the molecule is OB(O)c1c(Cl)ccc2c1Cc1ccccc1-2. The zero-order valence-corrected chi connectivity index (χ0v) is 9.78. The van der Waals surface area contributed by atoms with Crippen LogP contribution in [0.2, 0.25) is 5.02 Å². The van der Waals surface area contributed by atoms with Gasteiger partial charge in [0.15, 0.2) is 0 Å². The minimum absolute atomic E-state index is 0.409. The lowest BCUT2D eigenvalue weighted by Crippen LogP contribution is -2.34. The Morgan fingerprint density at radius 1 is 1.00 bits per heavy atom. The Kier molecular flexibility index (Phi) is 2.47. The van der Waals surface area contributed by atoms with Crippen molar-refractivity contribution < 1.29 is 10.0 Å². The van der Waals surface area contributed by atoms with Crippen LogP contribution < -0.4 is 5.46 Å². The van der Waals surface area contributed by atoms with E-state index in [1.807, 2.05) is 24.3 Å². The van der Waals surface area contributed by atoms with E-state index in [1.165, 1.54) is 5.56 Å². The van der Waals surface area contributed by atoms with Gasteiger partial charge in [0.2, 0.25) is 0 Å². The van der Waals surface area contributed by atoms with Crippen molar-refractivity contribution in [3.8, 4) is 11.1 Å². The molecule has 2 N–H and O–H groups in total. The molecule has 0 saturated carbocycles. The van der Waals surface area contributed by atoms with E-state index in [1.54, 1.807) is 6.07 Å². The third kappa shape index (κ3) is 1.59. The van der Waals surface area contributed by atoms with E-state index >= 15 is 0 Å². The summed E-state index contributed by atoms with van der Waals surface area (Å²) >= 11 is 6.03. The summed E-state index contributed by atoms with van der Waals surface area (Å²) in [7, 11) is -1.52. The summed E-state index contributed by atoms with van der Waals surface area (Å²) < 4.78 is 0. The molecule has 0 unspecified atom stereocenters. The highest BCUT2D eigenvalue weighted by Crippen LogP contribution is 2.36. The number of benzene rings is 2. The molecule has 0 atom stereocenters. The molecule has 0 radical (unpaired) electrons. The Morgan fingerprint density at radius 3 is 2.53 bits per heavy atom. The van der Waals surface area contributed by atoms with Gasteiger partial charge in [0.05, 0.1) is 0 Å². The van der Waals surface area contributed by atoms with E-state index in [9.17, 15) is 10.0 Å². The molecule has 0 amide bonds. The summed E-state index contributed by atoms with van der Waals surface area (Å²) in [5.74, 6) is 0. The second kappa shape index (κ2) is 3.88. The molecule has 0 spiro atoms. The number of halogens is 1. The summed E-state index contributed by atoms with van der Waals surface area (Å²) in [6.07, 6.45) is 0.707. The van der Waals surface area contributed by atoms with Gasteiger partial charge in [0.25, 0.3) is 0 Å². The first kappa shape index (κ1) is 10.8. The zero-order valence-electron chi connectivity index (χ0n) is 9.02. The van der Waals surface area contributed by atoms with Gasteiger partial charge in [-0.1, -0.05) is 41.9 Å². The van der Waals surface area contributed by atoms with Crippen LogP contribution in [0.5, 0.6) is 0 Å². The Labute approximate surface area is 105 Å². The topological polar surface area (TPSA) is 40.5 Å². The molecule has 1 aliphatic rings. The van der Waals surface area contributed by atoms with Crippen molar-refractivity contribution >= 4 is 24.2 Å². The lowest BCUT2D eigenvalue weighted by Gasteiger charge is -2.09. The fourth-order valence-electron chi connectivity index (χ4n) is 2.49. The average molecular weight is 244 g/mol. The molecular formula is C13H10BClO2. The van der Waals surface area contributed by atoms with Gasteiger partial charge in [-0.3, -0.25) is 0 Å². The normalized spacial score (nSPS) is 12.2. The summed E-state index contributed by atoms with van der Waals surface area (Å²) in [5.41, 5.74) is 4.76. The molecule has 0 heterocycles. The van der Waals surface area contributed by atoms with E-state index in [-0.39, 0.29) is 0 Å². The van der Waals surface area contributed by atoms with E-state index in [4.69, 9.17) is 11.6 Å². The first-order valence-electron chi connectivity index (χ1n) is 5.44. The maximum atomic E-state index is 9.42. The molecule has 2 aromatic carbocycles. The van der Waals surface area contributed by atoms with Crippen molar-refractivity contribution in [3.63, 3.8) is 0 Å². The van der Waals surface area contributed by atoms with Gasteiger partial charge >= 0.3 is 7.12 Å². The average Bonchev–Trinajstić information content (AvgIpc) is 2.66. The number of hydrogen-bond acceptors (Lipinski definition) is 2. The highest BCUT2D eigenvalue weighted by Gasteiger charge is 2.27. The summed E-state index contributed by atoms with van der Waals surface area (Å²) in [6, 6.07) is 11.7. The largest absolute Gasteiger partial charge is 0.490 e. The molecule has 4 heteroatoms. The van der Waals surface area contributed by atoms with Gasteiger partial charge in [0, 0.05) is 10.5 Å². The quantitative estimate of drug-likeness (QED) is 0.638. The molecular weight excluding hydrogens is 234 g/mol. The lowest BCUT2D eigenvalue weighted by atomic mass is 9.75. The highest BCUT2D eigenvalue weighted by molar-refractivity contribution is 6.63. The van der Waals surface area contributed by atoms with E-state index in [0.717, 1.165) is 16.7 Å². The minimum atomic E-state index is -1.52. The molecule has 3 rings (SSSR count). The molecule has 0 saturated heterocycles. The van der Waals surface area contributed by atoms with Crippen molar-refractivity contribution in [2.24, 2.45) is 0 Å². The van der Waals surface area contributed by atoms with Gasteiger partial charge in [-0.2, -0.15) is 0 Å². The van der Waals surface area contributed by atoms with Gasteiger partial charge in [-0.15, -0.1) is 0 Å². The van der Waals surface area contributed by atoms with Crippen molar-refractivity contribution in [2.45, 2.75) is 6.42 Å². The van der Waals surface area contributed by atoms with Crippen LogP contribution in [0.3, 0.4) is 0 Å². The van der Waals surface area contributed by atoms with Gasteiger partial charge < -0.3 is 10.0 Å². The summed E-state index contributed by atoms with van der Waals surface area (Å²) in [4.78, 5) is 0. The van der Waals surface area contributed by atoms with Gasteiger partial charge in [0.1, 0.15) is 0 Å². The molecule has 2 aromatic rings. The fraction of sp³-hybridized carbons (Fsp3) is 0.0769. The number of rotatable bonds is 1. The maximum Gasteiger partial charge on any atom is 0.490 e. The second-order valence-corrected chi connectivity index (χ2v) is 4.60. The molecule has 17 heavy (non-hydrogen) atoms. The molecule has 0 aromatic heterocycles. The molecule has 0 fully saturated rings. The lowest BCUT2D eigenvalue weighted by molar-refractivity contribution is 0.425. The third-order valence-corrected chi connectivity index (χ3v) is 3.57. The smallest absolute Gasteiger partial charge is 0.423 e. The Morgan fingerprint density at radius 2 is 1.76 bits per heavy atom. The molecule has 2 nitrogen and oxygen atoms in total. The first-order valence-corrected chi connectivity index (χ1v) is 5.82. The Balaban J connectivity index is 2.27. The Hall–Kier alpha value is -1.29. The molecule has 0 bridgehead atoms. The van der Waals surface area contributed by atoms with E-state index in [2.05, 4.69) is 6.07 Å².